The molecule has 0 saturated carbocycles. The Labute approximate surface area is 95.5 Å². The number of hydrogen-bond donors (Lipinski definition) is 1. The smallest absolute Gasteiger partial charge is 0.202 e. The predicted molar refractivity (Wildman–Crippen MR) is 66.1 cm³/mol. The van der Waals surface area contributed by atoms with Gasteiger partial charge in [-0.15, -0.1) is 0 Å². The maximum Gasteiger partial charge on any atom is 0.202 e. The minimum atomic E-state index is 0.378. The van der Waals surface area contributed by atoms with Gasteiger partial charge in [0.15, 0.2) is 5.82 Å². The largest absolute Gasteiger partial charge is 0.332 e. The van der Waals surface area contributed by atoms with Crippen molar-refractivity contribution in [1.82, 2.24) is 9.97 Å². The van der Waals surface area contributed by atoms with E-state index in [1.165, 1.54) is 0 Å². The number of aromatic amines is 1. The van der Waals surface area contributed by atoms with Crippen LogP contribution in [0.4, 0.5) is 5.82 Å². The Hall–Kier alpha value is -1.22. The number of aromatic nitrogens is 2. The number of anilines is 1. The van der Waals surface area contributed by atoms with Gasteiger partial charge in [-0.1, -0.05) is 26.5 Å². The fourth-order valence-electron chi connectivity index (χ4n) is 1.32. The maximum atomic E-state index is 5.80. The van der Waals surface area contributed by atoms with E-state index in [4.69, 9.17) is 11.6 Å². The van der Waals surface area contributed by atoms with E-state index in [0.29, 0.717) is 5.28 Å². The first-order chi connectivity index (χ1) is 7.22. The highest BCUT2D eigenvalue weighted by molar-refractivity contribution is 6.28. The van der Waals surface area contributed by atoms with Gasteiger partial charge in [-0.2, -0.15) is 4.98 Å². The molecule has 0 bridgehead atoms. The van der Waals surface area contributed by atoms with Crippen molar-refractivity contribution >= 4 is 23.5 Å². The van der Waals surface area contributed by atoms with Crippen molar-refractivity contribution in [2.45, 2.75) is 19.8 Å². The van der Waals surface area contributed by atoms with Crippen molar-refractivity contribution in [2.75, 3.05) is 11.4 Å². The molecule has 0 aromatic carbocycles. The summed E-state index contributed by atoms with van der Waals surface area (Å²) in [5.41, 5.74) is 0.830. The van der Waals surface area contributed by atoms with Crippen LogP contribution in [0.3, 0.4) is 0 Å². The lowest BCUT2D eigenvalue weighted by atomic mass is 10.3. The van der Waals surface area contributed by atoms with E-state index in [0.717, 1.165) is 30.9 Å². The van der Waals surface area contributed by atoms with Crippen LogP contribution in [0.25, 0.3) is 6.08 Å². The molecule has 1 rings (SSSR count). The van der Waals surface area contributed by atoms with Crippen LogP contribution >= 0.6 is 11.6 Å². The molecule has 0 aliphatic rings. The summed E-state index contributed by atoms with van der Waals surface area (Å²) in [6.07, 6.45) is 5.69. The van der Waals surface area contributed by atoms with Gasteiger partial charge >= 0.3 is 0 Å². The third-order valence-corrected chi connectivity index (χ3v) is 2.31. The summed E-state index contributed by atoms with van der Waals surface area (Å²) in [7, 11) is 0. The summed E-state index contributed by atoms with van der Waals surface area (Å²) < 4.78 is 0. The van der Waals surface area contributed by atoms with Crippen LogP contribution in [0.15, 0.2) is 19.4 Å². The molecule has 0 radical (unpaired) electrons. The molecule has 82 valence electrons. The molecule has 1 N–H and O–H groups in total. The van der Waals surface area contributed by atoms with Gasteiger partial charge in [-0.05, 0) is 30.3 Å². The summed E-state index contributed by atoms with van der Waals surface area (Å²) in [4.78, 5) is 9.11. The number of nitrogens with one attached hydrogen (secondary N) is 1. The Kier molecular flexibility index (Phi) is 4.43. The Morgan fingerprint density at radius 1 is 1.53 bits per heavy atom. The average Bonchev–Trinajstić information content (AvgIpc) is 2.61. The zero-order valence-electron chi connectivity index (χ0n) is 8.96. The molecule has 0 spiro atoms. The maximum absolute atomic E-state index is 5.80. The molecule has 4 heteroatoms. The molecule has 0 unspecified atom stereocenters. The van der Waals surface area contributed by atoms with Crippen molar-refractivity contribution in [2.24, 2.45) is 0 Å². The van der Waals surface area contributed by atoms with Gasteiger partial charge in [0.25, 0.3) is 0 Å². The minimum absolute atomic E-state index is 0.378. The number of rotatable bonds is 6. The van der Waals surface area contributed by atoms with Crippen LogP contribution in [0, 0.1) is 0 Å². The van der Waals surface area contributed by atoms with Gasteiger partial charge in [-0.25, -0.2) is 0 Å². The van der Waals surface area contributed by atoms with Crippen molar-refractivity contribution in [3.63, 3.8) is 0 Å². The van der Waals surface area contributed by atoms with Crippen molar-refractivity contribution in [1.29, 1.82) is 0 Å². The lowest BCUT2D eigenvalue weighted by Crippen LogP contribution is -2.18. The van der Waals surface area contributed by atoms with E-state index >= 15 is 0 Å². The highest BCUT2D eigenvalue weighted by Crippen LogP contribution is 2.21. The molecule has 0 atom stereocenters. The SMILES string of the molecule is C=Cc1[nH]c(Cl)nc1N(C=C)CCCC. The van der Waals surface area contributed by atoms with Crippen LogP contribution in [-0.2, 0) is 0 Å². The second-order valence-electron chi connectivity index (χ2n) is 3.20. The van der Waals surface area contributed by atoms with Crippen molar-refractivity contribution in [3.05, 3.63) is 30.3 Å². The van der Waals surface area contributed by atoms with Crippen molar-refractivity contribution in [3.8, 4) is 0 Å². The molecule has 0 saturated heterocycles. The molecular formula is C11H16ClN3. The third kappa shape index (κ3) is 2.86. The Balaban J connectivity index is 2.89. The molecular weight excluding hydrogens is 210 g/mol. The second kappa shape index (κ2) is 5.61. The second-order valence-corrected chi connectivity index (χ2v) is 3.56. The average molecular weight is 226 g/mol. The zero-order valence-corrected chi connectivity index (χ0v) is 9.72. The van der Waals surface area contributed by atoms with Gasteiger partial charge in [0, 0.05) is 6.54 Å². The molecule has 0 aliphatic heterocycles. The monoisotopic (exact) mass is 225 g/mol. The lowest BCUT2D eigenvalue weighted by molar-refractivity contribution is 0.778. The van der Waals surface area contributed by atoms with Gasteiger partial charge in [0.2, 0.25) is 5.28 Å². The number of halogens is 1. The molecule has 1 heterocycles. The summed E-state index contributed by atoms with van der Waals surface area (Å²) in [5.74, 6) is 0.790. The summed E-state index contributed by atoms with van der Waals surface area (Å²) in [5, 5.41) is 0.378. The number of nitrogens with zero attached hydrogens (tertiary/aromatic N) is 2. The highest BCUT2D eigenvalue weighted by atomic mass is 35.5. The van der Waals surface area contributed by atoms with Crippen LogP contribution in [0.2, 0.25) is 5.28 Å². The molecule has 15 heavy (non-hydrogen) atoms. The number of unbranched alkanes of at least 4 members (excludes halogenated alkanes) is 1. The van der Waals surface area contributed by atoms with Gasteiger partial charge in [-0.3, -0.25) is 0 Å². The van der Waals surface area contributed by atoms with Crippen LogP contribution in [0.1, 0.15) is 25.5 Å². The Morgan fingerprint density at radius 3 is 2.80 bits per heavy atom. The Bertz CT molecular complexity index is 344. The van der Waals surface area contributed by atoms with Gasteiger partial charge < -0.3 is 9.88 Å². The molecule has 0 fully saturated rings. The quantitative estimate of drug-likeness (QED) is 0.804. The van der Waals surface area contributed by atoms with Crippen LogP contribution < -0.4 is 4.90 Å². The van der Waals surface area contributed by atoms with Gasteiger partial charge in [0.05, 0.1) is 5.69 Å². The van der Waals surface area contributed by atoms with Gasteiger partial charge in [0.1, 0.15) is 0 Å². The highest BCUT2D eigenvalue weighted by Gasteiger charge is 2.11. The predicted octanol–water partition coefficient (Wildman–Crippen LogP) is 3.46. The first kappa shape index (κ1) is 11.9. The third-order valence-electron chi connectivity index (χ3n) is 2.13. The number of hydrogen-bond acceptors (Lipinski definition) is 2. The molecule has 0 amide bonds. The molecule has 0 aliphatic carbocycles. The molecule has 1 aromatic rings. The van der Waals surface area contributed by atoms with E-state index < -0.39 is 0 Å². The van der Waals surface area contributed by atoms with Crippen molar-refractivity contribution < 1.29 is 0 Å². The molecule has 1 aromatic heterocycles. The summed E-state index contributed by atoms with van der Waals surface area (Å²) >= 11 is 5.80. The normalized spacial score (nSPS) is 10.0. The standard InChI is InChI=1S/C11H16ClN3/c1-4-7-8-15(6-3)10-9(5-2)13-11(12)14-10/h5-6H,2-4,7-8H2,1H3,(H,13,14). The fourth-order valence-corrected chi connectivity index (χ4v) is 1.50. The first-order valence-electron chi connectivity index (χ1n) is 5.00. The van der Waals surface area contributed by atoms with Crippen LogP contribution in [-0.4, -0.2) is 16.5 Å². The summed E-state index contributed by atoms with van der Waals surface area (Å²) in [6.45, 7) is 10.5. The minimum Gasteiger partial charge on any atom is -0.332 e. The van der Waals surface area contributed by atoms with E-state index in [1.54, 1.807) is 12.3 Å². The van der Waals surface area contributed by atoms with E-state index in [-0.39, 0.29) is 0 Å². The summed E-state index contributed by atoms with van der Waals surface area (Å²) in [6, 6.07) is 0. The van der Waals surface area contributed by atoms with E-state index in [9.17, 15) is 0 Å². The number of imidazole rings is 1. The molecule has 3 nitrogen and oxygen atoms in total. The Morgan fingerprint density at radius 2 is 2.27 bits per heavy atom. The van der Waals surface area contributed by atoms with E-state index in [1.807, 2.05) is 4.90 Å². The first-order valence-corrected chi connectivity index (χ1v) is 5.37. The van der Waals surface area contributed by atoms with E-state index in [2.05, 4.69) is 30.0 Å². The lowest BCUT2D eigenvalue weighted by Gasteiger charge is -2.17. The topological polar surface area (TPSA) is 31.9 Å². The van der Waals surface area contributed by atoms with Crippen LogP contribution in [0.5, 0.6) is 0 Å². The number of H-pyrrole nitrogens is 1. The zero-order chi connectivity index (χ0) is 11.3. The fraction of sp³-hybridized carbons (Fsp3) is 0.364.